The van der Waals surface area contributed by atoms with E-state index in [-0.39, 0.29) is 11.2 Å². The van der Waals surface area contributed by atoms with Crippen LogP contribution in [0.2, 0.25) is 0 Å². The van der Waals surface area contributed by atoms with E-state index in [1.807, 2.05) is 6.07 Å². The van der Waals surface area contributed by atoms with Crippen molar-refractivity contribution >= 4 is 11.4 Å². The Morgan fingerprint density at radius 1 is 1.41 bits per heavy atom. The number of likely N-dealkylation sites (tertiary alicyclic amines) is 1. The van der Waals surface area contributed by atoms with E-state index < -0.39 is 0 Å². The third-order valence-electron chi connectivity index (χ3n) is 4.43. The van der Waals surface area contributed by atoms with Crippen LogP contribution in [0.5, 0.6) is 5.75 Å². The molecule has 0 aromatic heterocycles. The van der Waals surface area contributed by atoms with Crippen molar-refractivity contribution in [2.24, 2.45) is 0 Å². The van der Waals surface area contributed by atoms with Crippen LogP contribution < -0.4 is 10.6 Å². The van der Waals surface area contributed by atoms with Crippen molar-refractivity contribution in [2.45, 2.75) is 24.9 Å². The predicted octanol–water partition coefficient (Wildman–Crippen LogP) is 1.34. The molecule has 1 aromatic rings. The molecule has 3 N–H and O–H groups in total. The Balaban J connectivity index is 2.25. The van der Waals surface area contributed by atoms with Crippen LogP contribution in [-0.2, 0) is 5.41 Å². The maximum absolute atomic E-state index is 9.75. The number of anilines is 2. The molecule has 4 nitrogen and oxygen atoms in total. The van der Waals surface area contributed by atoms with Gasteiger partial charge in [0.15, 0.2) is 0 Å². The van der Waals surface area contributed by atoms with Crippen molar-refractivity contribution in [1.29, 1.82) is 0 Å². The first-order chi connectivity index (χ1) is 7.95. The zero-order valence-electron chi connectivity index (χ0n) is 10.6. The number of aromatic hydroxyl groups is 1. The van der Waals surface area contributed by atoms with Crippen molar-refractivity contribution in [2.75, 3.05) is 31.3 Å². The number of rotatable bonds is 0. The standard InChI is InChI=1S/C13H19N3O/c1-13-4-5-15(2)12(13)16(3)11-9(13)6-8(17)7-10(11)14/h6-7,12,17H,4-5,14H2,1-3H3/t12?,13-/m0/s1. The molecule has 92 valence electrons. The lowest BCUT2D eigenvalue weighted by molar-refractivity contribution is 0.268. The van der Waals surface area contributed by atoms with Crippen LogP contribution >= 0.6 is 0 Å². The summed E-state index contributed by atoms with van der Waals surface area (Å²) in [6, 6.07) is 3.51. The summed E-state index contributed by atoms with van der Waals surface area (Å²) in [5.74, 6) is 0.270. The van der Waals surface area contributed by atoms with Gasteiger partial charge in [-0.3, -0.25) is 4.90 Å². The summed E-state index contributed by atoms with van der Waals surface area (Å²) in [5.41, 5.74) is 9.07. The van der Waals surface area contributed by atoms with Gasteiger partial charge in [0.25, 0.3) is 0 Å². The molecule has 2 atom stereocenters. The quantitative estimate of drug-likeness (QED) is 0.664. The highest BCUT2D eigenvalue weighted by atomic mass is 16.3. The Kier molecular flexibility index (Phi) is 1.94. The fraction of sp³-hybridized carbons (Fsp3) is 0.538. The summed E-state index contributed by atoms with van der Waals surface area (Å²) >= 11 is 0. The average Bonchev–Trinajstić information content (AvgIpc) is 2.64. The molecule has 1 fully saturated rings. The number of fused-ring (bicyclic) bond motifs is 3. The number of phenols is 1. The number of likely N-dealkylation sites (N-methyl/N-ethyl adjacent to an activating group) is 2. The normalized spacial score (nSPS) is 31.7. The molecule has 1 aromatic carbocycles. The average molecular weight is 233 g/mol. The van der Waals surface area contributed by atoms with Gasteiger partial charge in [0.1, 0.15) is 5.75 Å². The van der Waals surface area contributed by atoms with Crippen LogP contribution in [0.4, 0.5) is 11.4 Å². The van der Waals surface area contributed by atoms with Gasteiger partial charge < -0.3 is 15.7 Å². The Labute approximate surface area is 102 Å². The van der Waals surface area contributed by atoms with Crippen LogP contribution in [0.25, 0.3) is 0 Å². The van der Waals surface area contributed by atoms with E-state index in [1.165, 1.54) is 5.56 Å². The third kappa shape index (κ3) is 1.16. The SMILES string of the molecule is CN1CC[C@@]2(C)c3cc(O)cc(N)c3N(C)C12. The number of hydrogen-bond donors (Lipinski definition) is 2. The Hall–Kier alpha value is -1.42. The molecule has 0 saturated carbocycles. The Bertz CT molecular complexity index is 488. The van der Waals surface area contributed by atoms with E-state index in [9.17, 15) is 5.11 Å². The van der Waals surface area contributed by atoms with Crippen molar-refractivity contribution in [3.63, 3.8) is 0 Å². The lowest BCUT2D eigenvalue weighted by Gasteiger charge is -2.32. The molecule has 2 heterocycles. The molecule has 0 spiro atoms. The maximum atomic E-state index is 9.75. The molecule has 0 bridgehead atoms. The molecular formula is C13H19N3O. The van der Waals surface area contributed by atoms with E-state index >= 15 is 0 Å². The summed E-state index contributed by atoms with van der Waals surface area (Å²) in [6.45, 7) is 3.35. The molecule has 17 heavy (non-hydrogen) atoms. The first-order valence-corrected chi connectivity index (χ1v) is 6.01. The van der Waals surface area contributed by atoms with Crippen molar-refractivity contribution in [3.8, 4) is 5.75 Å². The summed E-state index contributed by atoms with van der Waals surface area (Å²) in [6.07, 6.45) is 1.45. The van der Waals surface area contributed by atoms with Crippen LogP contribution in [-0.4, -0.2) is 36.8 Å². The lowest BCUT2D eigenvalue weighted by atomic mass is 9.81. The fourth-order valence-corrected chi connectivity index (χ4v) is 3.74. The summed E-state index contributed by atoms with van der Waals surface area (Å²) in [4.78, 5) is 4.60. The summed E-state index contributed by atoms with van der Waals surface area (Å²) < 4.78 is 0. The van der Waals surface area contributed by atoms with Crippen LogP contribution in [0.15, 0.2) is 12.1 Å². The van der Waals surface area contributed by atoms with Gasteiger partial charge in [-0.1, -0.05) is 6.92 Å². The van der Waals surface area contributed by atoms with E-state index in [0.29, 0.717) is 11.9 Å². The van der Waals surface area contributed by atoms with Gasteiger partial charge >= 0.3 is 0 Å². The van der Waals surface area contributed by atoms with Crippen molar-refractivity contribution < 1.29 is 5.11 Å². The predicted molar refractivity (Wildman–Crippen MR) is 69.3 cm³/mol. The van der Waals surface area contributed by atoms with E-state index in [1.54, 1.807) is 6.07 Å². The molecule has 1 saturated heterocycles. The number of nitrogens with two attached hydrogens (primary N) is 1. The molecule has 0 aliphatic carbocycles. The second-order valence-corrected chi connectivity index (χ2v) is 5.56. The fourth-order valence-electron chi connectivity index (χ4n) is 3.74. The minimum absolute atomic E-state index is 0.0751. The maximum Gasteiger partial charge on any atom is 0.118 e. The van der Waals surface area contributed by atoms with E-state index in [0.717, 1.165) is 18.7 Å². The van der Waals surface area contributed by atoms with Gasteiger partial charge in [-0.15, -0.1) is 0 Å². The van der Waals surface area contributed by atoms with Gasteiger partial charge in [0, 0.05) is 25.1 Å². The highest BCUT2D eigenvalue weighted by Gasteiger charge is 2.52. The molecule has 1 unspecified atom stereocenters. The van der Waals surface area contributed by atoms with Gasteiger partial charge in [-0.05, 0) is 25.1 Å². The van der Waals surface area contributed by atoms with Crippen molar-refractivity contribution in [3.05, 3.63) is 17.7 Å². The Morgan fingerprint density at radius 3 is 2.82 bits per heavy atom. The van der Waals surface area contributed by atoms with Gasteiger partial charge in [0.05, 0.1) is 17.5 Å². The molecule has 0 amide bonds. The molecule has 4 heteroatoms. The Morgan fingerprint density at radius 2 is 2.12 bits per heavy atom. The summed E-state index contributed by atoms with van der Waals surface area (Å²) in [5, 5.41) is 9.75. The summed E-state index contributed by atoms with van der Waals surface area (Å²) in [7, 11) is 4.23. The first-order valence-electron chi connectivity index (χ1n) is 6.01. The molecule has 3 rings (SSSR count). The minimum Gasteiger partial charge on any atom is -0.508 e. The molecule has 2 aliphatic rings. The zero-order valence-corrected chi connectivity index (χ0v) is 10.6. The largest absolute Gasteiger partial charge is 0.508 e. The number of benzene rings is 1. The topological polar surface area (TPSA) is 52.7 Å². The van der Waals surface area contributed by atoms with Crippen LogP contribution in [0, 0.1) is 0 Å². The van der Waals surface area contributed by atoms with E-state index in [4.69, 9.17) is 5.73 Å². The monoisotopic (exact) mass is 233 g/mol. The highest BCUT2D eigenvalue weighted by Crippen LogP contribution is 2.53. The molecule has 0 radical (unpaired) electrons. The van der Waals surface area contributed by atoms with Gasteiger partial charge in [0.2, 0.25) is 0 Å². The van der Waals surface area contributed by atoms with Crippen LogP contribution in [0.3, 0.4) is 0 Å². The second kappa shape index (κ2) is 3.07. The third-order valence-corrected chi connectivity index (χ3v) is 4.43. The second-order valence-electron chi connectivity index (χ2n) is 5.56. The first kappa shape index (κ1) is 10.7. The number of hydrogen-bond acceptors (Lipinski definition) is 4. The zero-order chi connectivity index (χ0) is 12.4. The highest BCUT2D eigenvalue weighted by molar-refractivity contribution is 5.79. The molecular weight excluding hydrogens is 214 g/mol. The lowest BCUT2D eigenvalue weighted by Crippen LogP contribution is -2.45. The van der Waals surface area contributed by atoms with Gasteiger partial charge in [-0.2, -0.15) is 0 Å². The number of nitrogen functional groups attached to an aromatic ring is 1. The van der Waals surface area contributed by atoms with E-state index in [2.05, 4.69) is 30.8 Å². The molecule has 2 aliphatic heterocycles. The number of phenolic OH excluding ortho intramolecular Hbond substituents is 1. The van der Waals surface area contributed by atoms with Crippen molar-refractivity contribution in [1.82, 2.24) is 4.90 Å². The van der Waals surface area contributed by atoms with Crippen LogP contribution in [0.1, 0.15) is 18.9 Å². The minimum atomic E-state index is 0.0751. The smallest absolute Gasteiger partial charge is 0.118 e. The number of nitrogens with zero attached hydrogens (tertiary/aromatic N) is 2. The van der Waals surface area contributed by atoms with Gasteiger partial charge in [-0.25, -0.2) is 0 Å².